The van der Waals surface area contributed by atoms with Crippen LogP contribution in [-0.2, 0) is 0 Å². The molecule has 2 aliphatic heterocycles. The lowest BCUT2D eigenvalue weighted by atomic mass is 9.94. The molecule has 0 aliphatic carbocycles. The lowest BCUT2D eigenvalue weighted by molar-refractivity contribution is -0.138. The SMILES string of the molecule is C=C1CN2C(CCC(F)(F)F)CCC2(CO)C1. The Kier molecular flexibility index (Phi) is 3.25. The summed E-state index contributed by atoms with van der Waals surface area (Å²) in [6, 6.07) is -0.0528. The fourth-order valence-electron chi connectivity index (χ4n) is 3.23. The van der Waals surface area contributed by atoms with Crippen molar-refractivity contribution < 1.29 is 18.3 Å². The molecule has 2 saturated heterocycles. The van der Waals surface area contributed by atoms with Crippen LogP contribution in [0.5, 0.6) is 0 Å². The van der Waals surface area contributed by atoms with Gasteiger partial charge in [-0.1, -0.05) is 12.2 Å². The van der Waals surface area contributed by atoms with Crippen LogP contribution in [0.25, 0.3) is 0 Å². The second kappa shape index (κ2) is 4.28. The van der Waals surface area contributed by atoms with Crippen LogP contribution in [0.3, 0.4) is 0 Å². The van der Waals surface area contributed by atoms with E-state index in [9.17, 15) is 18.3 Å². The van der Waals surface area contributed by atoms with Gasteiger partial charge in [0.15, 0.2) is 0 Å². The largest absolute Gasteiger partial charge is 0.394 e. The van der Waals surface area contributed by atoms with E-state index in [-0.39, 0.29) is 24.6 Å². The minimum Gasteiger partial charge on any atom is -0.394 e. The van der Waals surface area contributed by atoms with E-state index in [4.69, 9.17) is 0 Å². The molecule has 0 spiro atoms. The number of hydrogen-bond donors (Lipinski definition) is 1. The van der Waals surface area contributed by atoms with Crippen molar-refractivity contribution in [3.05, 3.63) is 12.2 Å². The number of nitrogens with zero attached hydrogens (tertiary/aromatic N) is 1. The molecule has 2 fully saturated rings. The molecule has 2 heterocycles. The van der Waals surface area contributed by atoms with Gasteiger partial charge in [-0.2, -0.15) is 13.2 Å². The third-order valence-electron chi connectivity index (χ3n) is 4.02. The highest BCUT2D eigenvalue weighted by atomic mass is 19.4. The summed E-state index contributed by atoms with van der Waals surface area (Å²) in [7, 11) is 0. The summed E-state index contributed by atoms with van der Waals surface area (Å²) in [5.41, 5.74) is 0.712. The van der Waals surface area contributed by atoms with Crippen molar-refractivity contribution in [2.24, 2.45) is 0 Å². The highest BCUT2D eigenvalue weighted by Crippen LogP contribution is 2.45. The van der Waals surface area contributed by atoms with E-state index in [1.807, 2.05) is 4.90 Å². The molecular weight excluding hydrogens is 231 g/mol. The fraction of sp³-hybridized carbons (Fsp3) is 0.833. The molecule has 0 amide bonds. The first-order chi connectivity index (χ1) is 7.86. The molecular formula is C12H18F3NO. The first kappa shape index (κ1) is 12.9. The molecule has 98 valence electrons. The molecule has 0 aromatic heterocycles. The zero-order chi connectivity index (χ0) is 12.7. The number of hydrogen-bond acceptors (Lipinski definition) is 2. The van der Waals surface area contributed by atoms with Crippen LogP contribution in [0.1, 0.15) is 32.1 Å². The van der Waals surface area contributed by atoms with Crippen molar-refractivity contribution in [1.82, 2.24) is 4.90 Å². The highest BCUT2D eigenvalue weighted by molar-refractivity contribution is 5.19. The van der Waals surface area contributed by atoms with E-state index in [1.54, 1.807) is 0 Å². The zero-order valence-electron chi connectivity index (χ0n) is 9.76. The van der Waals surface area contributed by atoms with E-state index >= 15 is 0 Å². The Labute approximate surface area is 99.1 Å². The first-order valence-electron chi connectivity index (χ1n) is 5.97. The van der Waals surface area contributed by atoms with Gasteiger partial charge in [0.05, 0.1) is 6.61 Å². The van der Waals surface area contributed by atoms with Crippen LogP contribution in [0.15, 0.2) is 12.2 Å². The number of halogens is 3. The maximum Gasteiger partial charge on any atom is 0.389 e. The van der Waals surface area contributed by atoms with Crippen LogP contribution in [0, 0.1) is 0 Å². The van der Waals surface area contributed by atoms with Gasteiger partial charge in [0.1, 0.15) is 0 Å². The van der Waals surface area contributed by atoms with Crippen LogP contribution in [0.2, 0.25) is 0 Å². The Morgan fingerprint density at radius 1 is 1.47 bits per heavy atom. The van der Waals surface area contributed by atoms with Crippen molar-refractivity contribution >= 4 is 0 Å². The van der Waals surface area contributed by atoms with Gasteiger partial charge < -0.3 is 5.11 Å². The first-order valence-corrected chi connectivity index (χ1v) is 5.97. The van der Waals surface area contributed by atoms with E-state index in [2.05, 4.69) is 6.58 Å². The maximum absolute atomic E-state index is 12.2. The maximum atomic E-state index is 12.2. The van der Waals surface area contributed by atoms with Gasteiger partial charge in [-0.25, -0.2) is 0 Å². The lowest BCUT2D eigenvalue weighted by Crippen LogP contribution is -2.45. The van der Waals surface area contributed by atoms with Crippen molar-refractivity contribution in [3.8, 4) is 0 Å². The molecule has 5 heteroatoms. The predicted octanol–water partition coefficient (Wildman–Crippen LogP) is 2.48. The molecule has 2 rings (SSSR count). The van der Waals surface area contributed by atoms with E-state index in [1.165, 1.54) is 0 Å². The zero-order valence-corrected chi connectivity index (χ0v) is 9.76. The molecule has 0 radical (unpaired) electrons. The van der Waals surface area contributed by atoms with Gasteiger partial charge >= 0.3 is 6.18 Å². The normalized spacial score (nSPS) is 34.4. The van der Waals surface area contributed by atoms with E-state index in [0.717, 1.165) is 24.8 Å². The molecule has 0 aromatic carbocycles. The molecule has 2 nitrogen and oxygen atoms in total. The summed E-state index contributed by atoms with van der Waals surface area (Å²) < 4.78 is 36.7. The predicted molar refractivity (Wildman–Crippen MR) is 58.6 cm³/mol. The fourth-order valence-corrected chi connectivity index (χ4v) is 3.23. The second-order valence-electron chi connectivity index (χ2n) is 5.28. The molecule has 0 saturated carbocycles. The quantitative estimate of drug-likeness (QED) is 0.777. The number of alkyl halides is 3. The Morgan fingerprint density at radius 3 is 2.76 bits per heavy atom. The molecule has 2 unspecified atom stereocenters. The average Bonchev–Trinajstić information content (AvgIpc) is 2.69. The van der Waals surface area contributed by atoms with Crippen molar-refractivity contribution in [2.45, 2.75) is 49.9 Å². The number of fused-ring (bicyclic) bond motifs is 1. The molecule has 1 N–H and O–H groups in total. The second-order valence-corrected chi connectivity index (χ2v) is 5.28. The van der Waals surface area contributed by atoms with Crippen molar-refractivity contribution in [1.29, 1.82) is 0 Å². The smallest absolute Gasteiger partial charge is 0.389 e. The summed E-state index contributed by atoms with van der Waals surface area (Å²) in [5, 5.41) is 9.49. The molecule has 0 bridgehead atoms. The van der Waals surface area contributed by atoms with Gasteiger partial charge in [0.2, 0.25) is 0 Å². The van der Waals surface area contributed by atoms with Crippen molar-refractivity contribution in [2.75, 3.05) is 13.2 Å². The summed E-state index contributed by atoms with van der Waals surface area (Å²) in [6.45, 7) is 4.56. The van der Waals surface area contributed by atoms with Gasteiger partial charge in [0, 0.05) is 24.5 Å². The number of aliphatic hydroxyl groups excluding tert-OH is 1. The third kappa shape index (κ3) is 2.50. The van der Waals surface area contributed by atoms with E-state index < -0.39 is 12.6 Å². The highest BCUT2D eigenvalue weighted by Gasteiger charge is 2.50. The Morgan fingerprint density at radius 2 is 2.18 bits per heavy atom. The minimum atomic E-state index is -4.08. The Hall–Kier alpha value is -0.550. The molecule has 0 aromatic rings. The van der Waals surface area contributed by atoms with Crippen LogP contribution < -0.4 is 0 Å². The van der Waals surface area contributed by atoms with Crippen LogP contribution in [-0.4, -0.2) is 40.9 Å². The van der Waals surface area contributed by atoms with E-state index in [0.29, 0.717) is 6.54 Å². The van der Waals surface area contributed by atoms with Gasteiger partial charge in [0.25, 0.3) is 0 Å². The topological polar surface area (TPSA) is 23.5 Å². The standard InChI is InChI=1S/C12H18F3NO/c1-9-6-11(8-17)4-2-10(16(11)7-9)3-5-12(13,14)15/h10,17H,1-8H2. The summed E-state index contributed by atoms with van der Waals surface area (Å²) in [4.78, 5) is 2.04. The summed E-state index contributed by atoms with van der Waals surface area (Å²) in [6.07, 6.45) is -2.41. The molecule has 2 atom stereocenters. The summed E-state index contributed by atoms with van der Waals surface area (Å²) in [5.74, 6) is 0. The van der Waals surface area contributed by atoms with Crippen molar-refractivity contribution in [3.63, 3.8) is 0 Å². The third-order valence-corrected chi connectivity index (χ3v) is 4.02. The average molecular weight is 249 g/mol. The monoisotopic (exact) mass is 249 g/mol. The number of aliphatic hydroxyl groups is 1. The molecule has 2 aliphatic rings. The Bertz CT molecular complexity index is 315. The number of rotatable bonds is 3. The van der Waals surface area contributed by atoms with Crippen LogP contribution in [0.4, 0.5) is 13.2 Å². The Balaban J connectivity index is 2.00. The van der Waals surface area contributed by atoms with Gasteiger partial charge in [-0.15, -0.1) is 0 Å². The van der Waals surface area contributed by atoms with Crippen LogP contribution >= 0.6 is 0 Å². The lowest BCUT2D eigenvalue weighted by Gasteiger charge is -2.33. The summed E-state index contributed by atoms with van der Waals surface area (Å²) >= 11 is 0. The van der Waals surface area contributed by atoms with Gasteiger partial charge in [-0.05, 0) is 25.7 Å². The molecule has 17 heavy (non-hydrogen) atoms. The minimum absolute atomic E-state index is 0.0224. The van der Waals surface area contributed by atoms with Gasteiger partial charge in [-0.3, -0.25) is 4.90 Å².